The van der Waals surface area contributed by atoms with Crippen LogP contribution in [0.5, 0.6) is 0 Å². The van der Waals surface area contributed by atoms with E-state index in [0.29, 0.717) is 6.61 Å². The summed E-state index contributed by atoms with van der Waals surface area (Å²) in [5.41, 5.74) is 8.84. The van der Waals surface area contributed by atoms with Gasteiger partial charge in [0.1, 0.15) is 0 Å². The third-order valence-electron chi connectivity index (χ3n) is 3.08. The van der Waals surface area contributed by atoms with Crippen LogP contribution in [-0.2, 0) is 17.1 Å². The summed E-state index contributed by atoms with van der Waals surface area (Å²) in [5.74, 6) is 0. The zero-order valence-electron chi connectivity index (χ0n) is 8.89. The number of rotatable bonds is 1. The van der Waals surface area contributed by atoms with Gasteiger partial charge in [-0.05, 0) is 5.56 Å². The second-order valence-corrected chi connectivity index (χ2v) is 4.05. The predicted molar refractivity (Wildman–Crippen MR) is 62.6 cm³/mol. The summed E-state index contributed by atoms with van der Waals surface area (Å²) in [4.78, 5) is 0. The van der Waals surface area contributed by atoms with E-state index in [4.69, 9.17) is 10.5 Å². The van der Waals surface area contributed by atoms with Crippen molar-refractivity contribution in [3.05, 3.63) is 71.3 Å². The van der Waals surface area contributed by atoms with E-state index < -0.39 is 5.72 Å². The Morgan fingerprint density at radius 3 is 2.44 bits per heavy atom. The first kappa shape index (κ1) is 9.58. The number of hydrogen-bond donors (Lipinski definition) is 1. The highest BCUT2D eigenvalue weighted by atomic mass is 16.5. The van der Waals surface area contributed by atoms with Crippen molar-refractivity contribution in [3.63, 3.8) is 0 Å². The van der Waals surface area contributed by atoms with Crippen LogP contribution in [0.25, 0.3) is 0 Å². The van der Waals surface area contributed by atoms with Gasteiger partial charge in [0.2, 0.25) is 0 Å². The topological polar surface area (TPSA) is 35.2 Å². The van der Waals surface area contributed by atoms with Crippen LogP contribution in [0.3, 0.4) is 0 Å². The van der Waals surface area contributed by atoms with Crippen LogP contribution >= 0.6 is 0 Å². The van der Waals surface area contributed by atoms with Gasteiger partial charge in [0.05, 0.1) is 6.61 Å². The summed E-state index contributed by atoms with van der Waals surface area (Å²) >= 11 is 0. The number of nitrogens with two attached hydrogens (primary N) is 1. The van der Waals surface area contributed by atoms with Gasteiger partial charge in [0, 0.05) is 11.1 Å². The Bertz CT molecular complexity index is 509. The maximum Gasteiger partial charge on any atom is 0.169 e. The quantitative estimate of drug-likeness (QED) is 0.786. The highest BCUT2D eigenvalue weighted by Gasteiger charge is 2.37. The van der Waals surface area contributed by atoms with Crippen LogP contribution in [0.1, 0.15) is 16.7 Å². The summed E-state index contributed by atoms with van der Waals surface area (Å²) in [6.45, 7) is 0.585. The molecule has 0 aliphatic carbocycles. The molecule has 0 amide bonds. The molecule has 0 saturated carbocycles. The third kappa shape index (κ3) is 1.28. The van der Waals surface area contributed by atoms with Crippen LogP contribution in [0.2, 0.25) is 0 Å². The van der Waals surface area contributed by atoms with Crippen LogP contribution in [0.15, 0.2) is 54.6 Å². The summed E-state index contributed by atoms with van der Waals surface area (Å²) in [7, 11) is 0. The number of fused-ring (bicyclic) bond motifs is 1. The van der Waals surface area contributed by atoms with Gasteiger partial charge < -0.3 is 4.74 Å². The Kier molecular flexibility index (Phi) is 2.06. The summed E-state index contributed by atoms with van der Waals surface area (Å²) in [6.07, 6.45) is 0. The van der Waals surface area contributed by atoms with E-state index in [-0.39, 0.29) is 0 Å². The van der Waals surface area contributed by atoms with Gasteiger partial charge in [-0.25, -0.2) is 0 Å². The zero-order valence-corrected chi connectivity index (χ0v) is 8.89. The first-order chi connectivity index (χ1) is 7.81. The number of hydrogen-bond acceptors (Lipinski definition) is 2. The normalized spacial score (nSPS) is 23.1. The minimum atomic E-state index is -0.780. The molecular formula is C14H13NO. The van der Waals surface area contributed by atoms with Crippen molar-refractivity contribution in [2.45, 2.75) is 12.3 Å². The van der Waals surface area contributed by atoms with Gasteiger partial charge in [0.25, 0.3) is 0 Å². The van der Waals surface area contributed by atoms with Gasteiger partial charge in [0.15, 0.2) is 5.72 Å². The average Bonchev–Trinajstić information content (AvgIpc) is 2.71. The summed E-state index contributed by atoms with van der Waals surface area (Å²) in [6, 6.07) is 18.1. The molecule has 0 spiro atoms. The molecule has 1 heterocycles. The van der Waals surface area contributed by atoms with Gasteiger partial charge in [-0.15, -0.1) is 0 Å². The molecular weight excluding hydrogens is 198 g/mol. The minimum Gasteiger partial charge on any atom is -0.348 e. The molecule has 0 aromatic heterocycles. The molecule has 1 aliphatic heterocycles. The van der Waals surface area contributed by atoms with Gasteiger partial charge in [-0.2, -0.15) is 0 Å². The maximum atomic E-state index is 6.37. The lowest BCUT2D eigenvalue weighted by Crippen LogP contribution is -2.37. The minimum absolute atomic E-state index is 0.585. The molecule has 2 aromatic rings. The Labute approximate surface area is 94.7 Å². The third-order valence-corrected chi connectivity index (χ3v) is 3.08. The van der Waals surface area contributed by atoms with Crippen molar-refractivity contribution in [1.29, 1.82) is 0 Å². The lowest BCUT2D eigenvalue weighted by molar-refractivity contribution is -0.000216. The van der Waals surface area contributed by atoms with Crippen LogP contribution in [0.4, 0.5) is 0 Å². The highest BCUT2D eigenvalue weighted by molar-refractivity contribution is 5.42. The van der Waals surface area contributed by atoms with Crippen molar-refractivity contribution in [1.82, 2.24) is 0 Å². The monoisotopic (exact) mass is 211 g/mol. The van der Waals surface area contributed by atoms with Crippen LogP contribution in [-0.4, -0.2) is 0 Å². The van der Waals surface area contributed by atoms with Crippen LogP contribution in [0, 0.1) is 0 Å². The fraction of sp³-hybridized carbons (Fsp3) is 0.143. The Balaban J connectivity index is 2.15. The Hall–Kier alpha value is -1.64. The molecule has 2 nitrogen and oxygen atoms in total. The van der Waals surface area contributed by atoms with E-state index in [9.17, 15) is 0 Å². The molecule has 1 unspecified atom stereocenters. The van der Waals surface area contributed by atoms with Gasteiger partial charge in [-0.1, -0.05) is 54.6 Å². The fourth-order valence-electron chi connectivity index (χ4n) is 2.20. The van der Waals surface area contributed by atoms with Crippen molar-refractivity contribution in [2.24, 2.45) is 5.73 Å². The molecule has 80 valence electrons. The summed E-state index contributed by atoms with van der Waals surface area (Å²) in [5, 5.41) is 0. The lowest BCUT2D eigenvalue weighted by atomic mass is 9.94. The van der Waals surface area contributed by atoms with Crippen molar-refractivity contribution >= 4 is 0 Å². The lowest BCUT2D eigenvalue weighted by Gasteiger charge is -2.25. The SMILES string of the molecule is NC1(c2ccccc2)OCc2ccccc21. The summed E-state index contributed by atoms with van der Waals surface area (Å²) < 4.78 is 5.77. The second kappa shape index (κ2) is 3.44. The van der Waals surface area contributed by atoms with Crippen molar-refractivity contribution in [2.75, 3.05) is 0 Å². The van der Waals surface area contributed by atoms with E-state index in [1.807, 2.05) is 48.5 Å². The number of ether oxygens (including phenoxy) is 1. The Morgan fingerprint density at radius 1 is 0.938 bits per heavy atom. The number of benzene rings is 2. The molecule has 1 atom stereocenters. The Morgan fingerprint density at radius 2 is 1.62 bits per heavy atom. The first-order valence-electron chi connectivity index (χ1n) is 5.37. The fourth-order valence-corrected chi connectivity index (χ4v) is 2.20. The second-order valence-electron chi connectivity index (χ2n) is 4.05. The zero-order chi connectivity index (χ0) is 11.0. The predicted octanol–water partition coefficient (Wildman–Crippen LogP) is 2.38. The first-order valence-corrected chi connectivity index (χ1v) is 5.37. The highest BCUT2D eigenvalue weighted by Crippen LogP contribution is 2.37. The largest absolute Gasteiger partial charge is 0.348 e. The van der Waals surface area contributed by atoms with E-state index in [2.05, 4.69) is 6.07 Å². The van der Waals surface area contributed by atoms with Gasteiger partial charge in [-0.3, -0.25) is 5.73 Å². The van der Waals surface area contributed by atoms with Crippen molar-refractivity contribution < 1.29 is 4.74 Å². The van der Waals surface area contributed by atoms with E-state index >= 15 is 0 Å². The van der Waals surface area contributed by atoms with E-state index in [1.54, 1.807) is 0 Å². The van der Waals surface area contributed by atoms with E-state index in [0.717, 1.165) is 11.1 Å². The maximum absolute atomic E-state index is 6.37. The molecule has 2 heteroatoms. The molecule has 0 bridgehead atoms. The molecule has 0 saturated heterocycles. The standard InChI is InChI=1S/C14H13NO/c15-14(12-7-2-1-3-8-12)13-9-5-4-6-11(13)10-16-14/h1-9H,10,15H2. The molecule has 2 N–H and O–H groups in total. The van der Waals surface area contributed by atoms with Crippen LogP contribution < -0.4 is 5.73 Å². The smallest absolute Gasteiger partial charge is 0.169 e. The molecule has 3 rings (SSSR count). The molecule has 0 radical (unpaired) electrons. The average molecular weight is 211 g/mol. The van der Waals surface area contributed by atoms with Gasteiger partial charge >= 0.3 is 0 Å². The molecule has 1 aliphatic rings. The van der Waals surface area contributed by atoms with Crippen molar-refractivity contribution in [3.8, 4) is 0 Å². The van der Waals surface area contributed by atoms with E-state index in [1.165, 1.54) is 5.56 Å². The molecule has 16 heavy (non-hydrogen) atoms. The molecule has 0 fully saturated rings. The molecule has 2 aromatic carbocycles.